The van der Waals surface area contributed by atoms with E-state index in [9.17, 15) is 4.79 Å². The molecule has 0 saturated heterocycles. The van der Waals surface area contributed by atoms with Gasteiger partial charge >= 0.3 is 5.97 Å². The second-order valence-electron chi connectivity index (χ2n) is 3.75. The summed E-state index contributed by atoms with van der Waals surface area (Å²) in [5.74, 6) is -0.367. The van der Waals surface area contributed by atoms with Crippen LogP contribution in [0.3, 0.4) is 0 Å². The lowest BCUT2D eigenvalue weighted by molar-refractivity contribution is 0.0522. The minimum atomic E-state index is -0.367. The molecule has 0 amide bonds. The molecule has 2 rings (SSSR count). The number of pyridine rings is 1. The number of carbonyl (C=O) groups is 1. The molecule has 0 fully saturated rings. The zero-order valence-electron chi connectivity index (χ0n) is 10.5. The smallest absolute Gasteiger partial charge is 0.339 e. The molecule has 1 aromatic heterocycles. The highest BCUT2D eigenvalue weighted by Gasteiger charge is 2.14. The van der Waals surface area contributed by atoms with Gasteiger partial charge in [0.25, 0.3) is 0 Å². The number of hydrogen-bond acceptors (Lipinski definition) is 5. The molecule has 0 aliphatic rings. The number of aromatic nitrogens is 1. The minimum Gasteiger partial charge on any atom is -0.462 e. The lowest BCUT2D eigenvalue weighted by Crippen LogP contribution is -2.07. The van der Waals surface area contributed by atoms with Crippen molar-refractivity contribution in [1.29, 1.82) is 0 Å². The van der Waals surface area contributed by atoms with Gasteiger partial charge in [-0.1, -0.05) is 17.8 Å². The largest absolute Gasteiger partial charge is 0.462 e. The normalized spacial score (nSPS) is 10.2. The van der Waals surface area contributed by atoms with E-state index in [1.54, 1.807) is 31.3 Å². The van der Waals surface area contributed by atoms with Crippen LogP contribution in [0.25, 0.3) is 0 Å². The summed E-state index contributed by atoms with van der Waals surface area (Å²) < 4.78 is 5.03. The summed E-state index contributed by atoms with van der Waals surface area (Å²) in [5, 5.41) is 0.817. The van der Waals surface area contributed by atoms with Crippen LogP contribution in [0.15, 0.2) is 52.5 Å². The SMILES string of the molecule is CCOC(=O)c1cc(N)ccc1Sc1ccccn1. The summed E-state index contributed by atoms with van der Waals surface area (Å²) in [6, 6.07) is 10.8. The molecule has 0 saturated carbocycles. The molecule has 0 radical (unpaired) electrons. The fourth-order valence-electron chi connectivity index (χ4n) is 1.53. The van der Waals surface area contributed by atoms with Crippen molar-refractivity contribution in [2.45, 2.75) is 16.8 Å². The van der Waals surface area contributed by atoms with Gasteiger partial charge in [-0.3, -0.25) is 0 Å². The molecular formula is C14H14N2O2S. The Morgan fingerprint density at radius 2 is 2.21 bits per heavy atom. The maximum Gasteiger partial charge on any atom is 0.339 e. The Hall–Kier alpha value is -2.01. The maximum atomic E-state index is 11.9. The zero-order chi connectivity index (χ0) is 13.7. The van der Waals surface area contributed by atoms with Crippen LogP contribution in [0.5, 0.6) is 0 Å². The fourth-order valence-corrected chi connectivity index (χ4v) is 2.40. The first-order chi connectivity index (χ1) is 9.20. The first-order valence-electron chi connectivity index (χ1n) is 5.86. The number of rotatable bonds is 4. The van der Waals surface area contributed by atoms with Gasteiger partial charge in [0.15, 0.2) is 0 Å². The molecule has 2 aromatic rings. The molecule has 5 heteroatoms. The third-order valence-electron chi connectivity index (χ3n) is 2.35. The van der Waals surface area contributed by atoms with Crippen molar-refractivity contribution in [3.8, 4) is 0 Å². The van der Waals surface area contributed by atoms with Crippen LogP contribution in [0, 0.1) is 0 Å². The van der Waals surface area contributed by atoms with Gasteiger partial charge in [-0.25, -0.2) is 9.78 Å². The zero-order valence-corrected chi connectivity index (χ0v) is 11.3. The highest BCUT2D eigenvalue weighted by Crippen LogP contribution is 2.30. The minimum absolute atomic E-state index is 0.335. The predicted molar refractivity (Wildman–Crippen MR) is 75.2 cm³/mol. The number of esters is 1. The first kappa shape index (κ1) is 13.4. The molecule has 98 valence electrons. The summed E-state index contributed by atoms with van der Waals surface area (Å²) in [7, 11) is 0. The lowest BCUT2D eigenvalue weighted by Gasteiger charge is -2.09. The van der Waals surface area contributed by atoms with Crippen molar-refractivity contribution < 1.29 is 9.53 Å². The molecule has 4 nitrogen and oxygen atoms in total. The van der Waals surface area contributed by atoms with Crippen molar-refractivity contribution in [2.75, 3.05) is 12.3 Å². The quantitative estimate of drug-likeness (QED) is 0.686. The molecule has 0 bridgehead atoms. The lowest BCUT2D eigenvalue weighted by atomic mass is 10.2. The van der Waals surface area contributed by atoms with E-state index in [1.807, 2.05) is 18.2 Å². The number of nitrogen functional groups attached to an aromatic ring is 1. The van der Waals surface area contributed by atoms with Crippen LogP contribution in [-0.4, -0.2) is 17.6 Å². The van der Waals surface area contributed by atoms with Crippen molar-refractivity contribution in [2.24, 2.45) is 0 Å². The van der Waals surface area contributed by atoms with Gasteiger partial charge in [0.05, 0.1) is 12.2 Å². The highest BCUT2D eigenvalue weighted by molar-refractivity contribution is 7.99. The molecule has 1 aromatic carbocycles. The number of anilines is 1. The van der Waals surface area contributed by atoms with Crippen LogP contribution < -0.4 is 5.73 Å². The van der Waals surface area contributed by atoms with Gasteiger partial charge in [-0.15, -0.1) is 0 Å². The Morgan fingerprint density at radius 3 is 2.89 bits per heavy atom. The Labute approximate surface area is 116 Å². The van der Waals surface area contributed by atoms with Gasteiger partial charge in [0.2, 0.25) is 0 Å². The molecule has 0 atom stereocenters. The maximum absolute atomic E-state index is 11.9. The van der Waals surface area contributed by atoms with E-state index in [0.29, 0.717) is 17.9 Å². The third kappa shape index (κ3) is 3.48. The van der Waals surface area contributed by atoms with Crippen LogP contribution >= 0.6 is 11.8 Å². The second kappa shape index (κ2) is 6.24. The van der Waals surface area contributed by atoms with Gasteiger partial charge in [0.1, 0.15) is 5.03 Å². The Balaban J connectivity index is 2.32. The third-order valence-corrected chi connectivity index (χ3v) is 3.38. The van der Waals surface area contributed by atoms with Gasteiger partial charge in [-0.05, 0) is 37.3 Å². The number of nitrogens with two attached hydrogens (primary N) is 1. The molecule has 0 unspecified atom stereocenters. The van der Waals surface area contributed by atoms with Gasteiger partial charge in [0, 0.05) is 16.8 Å². The molecule has 19 heavy (non-hydrogen) atoms. The van der Waals surface area contributed by atoms with Gasteiger partial charge in [-0.2, -0.15) is 0 Å². The van der Waals surface area contributed by atoms with E-state index in [0.717, 1.165) is 9.92 Å². The highest BCUT2D eigenvalue weighted by atomic mass is 32.2. The fraction of sp³-hybridized carbons (Fsp3) is 0.143. The Kier molecular flexibility index (Phi) is 4.41. The van der Waals surface area contributed by atoms with E-state index in [-0.39, 0.29) is 5.97 Å². The van der Waals surface area contributed by atoms with Crippen molar-refractivity contribution in [3.63, 3.8) is 0 Å². The van der Waals surface area contributed by atoms with Crippen LogP contribution in [0.4, 0.5) is 5.69 Å². The van der Waals surface area contributed by atoms with Crippen LogP contribution in [0.1, 0.15) is 17.3 Å². The molecule has 0 aliphatic heterocycles. The molecule has 0 aliphatic carbocycles. The standard InChI is InChI=1S/C14H14N2O2S/c1-2-18-14(17)11-9-10(15)6-7-12(11)19-13-5-3-4-8-16-13/h3-9H,2,15H2,1H3. The second-order valence-corrected chi connectivity index (χ2v) is 4.81. The number of nitrogens with zero attached hydrogens (tertiary/aromatic N) is 1. The Morgan fingerprint density at radius 1 is 1.37 bits per heavy atom. The number of carbonyl (C=O) groups excluding carboxylic acids is 1. The summed E-state index contributed by atoms with van der Waals surface area (Å²) >= 11 is 1.41. The van der Waals surface area contributed by atoms with E-state index in [2.05, 4.69) is 4.98 Å². The topological polar surface area (TPSA) is 65.2 Å². The van der Waals surface area contributed by atoms with E-state index < -0.39 is 0 Å². The van der Waals surface area contributed by atoms with Gasteiger partial charge < -0.3 is 10.5 Å². The van der Waals surface area contributed by atoms with Crippen molar-refractivity contribution in [3.05, 3.63) is 48.2 Å². The average molecular weight is 274 g/mol. The average Bonchev–Trinajstić information content (AvgIpc) is 2.42. The summed E-state index contributed by atoms with van der Waals surface area (Å²) in [6.45, 7) is 2.11. The monoisotopic (exact) mass is 274 g/mol. The van der Waals surface area contributed by atoms with Crippen molar-refractivity contribution >= 4 is 23.4 Å². The molecule has 2 N–H and O–H groups in total. The summed E-state index contributed by atoms with van der Waals surface area (Å²) in [4.78, 5) is 16.9. The Bertz CT molecular complexity index is 573. The van der Waals surface area contributed by atoms with E-state index >= 15 is 0 Å². The molecule has 0 spiro atoms. The molecular weight excluding hydrogens is 260 g/mol. The van der Waals surface area contributed by atoms with E-state index in [1.165, 1.54) is 11.8 Å². The molecule has 1 heterocycles. The number of hydrogen-bond donors (Lipinski definition) is 1. The number of benzene rings is 1. The summed E-state index contributed by atoms with van der Waals surface area (Å²) in [5.41, 5.74) is 6.73. The van der Waals surface area contributed by atoms with E-state index in [4.69, 9.17) is 10.5 Å². The van der Waals surface area contributed by atoms with Crippen molar-refractivity contribution in [1.82, 2.24) is 4.98 Å². The van der Waals surface area contributed by atoms with Crippen LogP contribution in [-0.2, 0) is 4.74 Å². The summed E-state index contributed by atoms with van der Waals surface area (Å²) in [6.07, 6.45) is 1.71. The predicted octanol–water partition coefficient (Wildman–Crippen LogP) is 2.99. The first-order valence-corrected chi connectivity index (χ1v) is 6.68. The van der Waals surface area contributed by atoms with Crippen LogP contribution in [0.2, 0.25) is 0 Å². The number of ether oxygens (including phenoxy) is 1.